The molecule has 0 saturated carbocycles. The second-order valence-corrected chi connectivity index (χ2v) is 7.84. The highest BCUT2D eigenvalue weighted by atomic mass is 16.6. The standard InChI is InChI=1S/C20H32N2O3/c1-16(18-11-5-6-12-21-18)24-14-8-10-17-9-7-13-22(15-17)19(23)25-20(2,3)4/h5-6,11-12,16-17H,7-10,13-15H2,1-4H3/t16-,17+/m0/s1. The van der Waals surface area contributed by atoms with Crippen molar-refractivity contribution >= 4 is 6.09 Å². The molecule has 1 aromatic heterocycles. The molecule has 1 fully saturated rings. The molecular weight excluding hydrogens is 316 g/mol. The normalized spacial score (nSPS) is 19.5. The van der Waals surface area contributed by atoms with Gasteiger partial charge in [0.05, 0.1) is 11.8 Å². The van der Waals surface area contributed by atoms with E-state index in [1.807, 2.05) is 50.8 Å². The highest BCUT2D eigenvalue weighted by Crippen LogP contribution is 2.23. The number of pyridine rings is 1. The molecule has 2 heterocycles. The van der Waals surface area contributed by atoms with Gasteiger partial charge < -0.3 is 14.4 Å². The lowest BCUT2D eigenvalue weighted by atomic mass is 9.94. The van der Waals surface area contributed by atoms with Gasteiger partial charge in [0.2, 0.25) is 0 Å². The number of amides is 1. The van der Waals surface area contributed by atoms with Crippen LogP contribution in [-0.4, -0.2) is 41.3 Å². The van der Waals surface area contributed by atoms with Crippen molar-refractivity contribution in [2.45, 2.75) is 65.1 Å². The Hall–Kier alpha value is -1.62. The Kier molecular flexibility index (Phi) is 7.24. The van der Waals surface area contributed by atoms with Gasteiger partial charge in [0.1, 0.15) is 5.60 Å². The maximum Gasteiger partial charge on any atom is 0.410 e. The fourth-order valence-electron chi connectivity index (χ4n) is 3.13. The summed E-state index contributed by atoms with van der Waals surface area (Å²) in [6.07, 6.45) is 5.94. The van der Waals surface area contributed by atoms with Crippen LogP contribution in [0, 0.1) is 5.92 Å². The van der Waals surface area contributed by atoms with Crippen LogP contribution in [0.25, 0.3) is 0 Å². The lowest BCUT2D eigenvalue weighted by Gasteiger charge is -2.34. The van der Waals surface area contributed by atoms with Crippen molar-refractivity contribution in [3.63, 3.8) is 0 Å². The molecule has 140 valence electrons. The zero-order chi connectivity index (χ0) is 18.3. The van der Waals surface area contributed by atoms with E-state index in [-0.39, 0.29) is 12.2 Å². The van der Waals surface area contributed by atoms with E-state index >= 15 is 0 Å². The quantitative estimate of drug-likeness (QED) is 0.706. The average molecular weight is 348 g/mol. The van der Waals surface area contributed by atoms with Gasteiger partial charge in [-0.3, -0.25) is 4.98 Å². The summed E-state index contributed by atoms with van der Waals surface area (Å²) in [5, 5.41) is 0. The Bertz CT molecular complexity index is 527. The molecule has 1 aliphatic rings. The van der Waals surface area contributed by atoms with Gasteiger partial charge in [-0.1, -0.05) is 6.07 Å². The molecule has 2 rings (SSSR count). The maximum absolute atomic E-state index is 12.2. The van der Waals surface area contributed by atoms with Gasteiger partial charge in [-0.2, -0.15) is 0 Å². The first kappa shape index (κ1) is 19.7. The first-order valence-electron chi connectivity index (χ1n) is 9.35. The Labute approximate surface area is 151 Å². The van der Waals surface area contributed by atoms with Gasteiger partial charge in [-0.25, -0.2) is 4.79 Å². The van der Waals surface area contributed by atoms with Crippen LogP contribution in [0.5, 0.6) is 0 Å². The van der Waals surface area contributed by atoms with Crippen LogP contribution < -0.4 is 0 Å². The molecule has 0 N–H and O–H groups in total. The number of ether oxygens (including phenoxy) is 2. The van der Waals surface area contributed by atoms with Crippen LogP contribution in [-0.2, 0) is 9.47 Å². The van der Waals surface area contributed by atoms with Crippen LogP contribution in [0.2, 0.25) is 0 Å². The summed E-state index contributed by atoms with van der Waals surface area (Å²) in [7, 11) is 0. The number of piperidine rings is 1. The predicted octanol–water partition coefficient (Wildman–Crippen LogP) is 4.59. The zero-order valence-electron chi connectivity index (χ0n) is 16.0. The van der Waals surface area contributed by atoms with Crippen LogP contribution in [0.3, 0.4) is 0 Å². The number of carbonyl (C=O) groups excluding carboxylic acids is 1. The minimum absolute atomic E-state index is 0.0193. The molecule has 0 spiro atoms. The van der Waals surface area contributed by atoms with Gasteiger partial charge in [-0.15, -0.1) is 0 Å². The van der Waals surface area contributed by atoms with Gasteiger partial charge in [0.15, 0.2) is 0 Å². The number of likely N-dealkylation sites (tertiary alicyclic amines) is 1. The van der Waals surface area contributed by atoms with Crippen molar-refractivity contribution in [2.24, 2.45) is 5.92 Å². The second kappa shape index (κ2) is 9.18. The molecule has 0 unspecified atom stereocenters. The van der Waals surface area contributed by atoms with Crippen LogP contribution in [0.4, 0.5) is 4.79 Å². The third kappa shape index (κ3) is 7.02. The molecule has 0 aliphatic carbocycles. The summed E-state index contributed by atoms with van der Waals surface area (Å²) in [4.78, 5) is 18.4. The summed E-state index contributed by atoms with van der Waals surface area (Å²) in [5.41, 5.74) is 0.538. The third-order valence-electron chi connectivity index (χ3n) is 4.40. The third-order valence-corrected chi connectivity index (χ3v) is 4.40. The lowest BCUT2D eigenvalue weighted by Crippen LogP contribution is -2.42. The minimum Gasteiger partial charge on any atom is -0.444 e. The minimum atomic E-state index is -0.431. The molecule has 25 heavy (non-hydrogen) atoms. The number of hydrogen-bond donors (Lipinski definition) is 0. The summed E-state index contributed by atoms with van der Waals surface area (Å²) >= 11 is 0. The average Bonchev–Trinajstić information content (AvgIpc) is 2.58. The van der Waals surface area contributed by atoms with Crippen molar-refractivity contribution in [1.82, 2.24) is 9.88 Å². The SMILES string of the molecule is C[C@H](OCCC[C@H]1CCCN(C(=O)OC(C)(C)C)C1)c1ccccn1. The maximum atomic E-state index is 12.2. The first-order valence-corrected chi connectivity index (χ1v) is 9.35. The van der Waals surface area contributed by atoms with Gasteiger partial charge in [0, 0.05) is 25.9 Å². The fraction of sp³-hybridized carbons (Fsp3) is 0.700. The van der Waals surface area contributed by atoms with Crippen molar-refractivity contribution in [3.05, 3.63) is 30.1 Å². The van der Waals surface area contributed by atoms with Gasteiger partial charge >= 0.3 is 6.09 Å². The molecule has 1 saturated heterocycles. The molecule has 1 aliphatic heterocycles. The Morgan fingerprint density at radius 1 is 1.40 bits per heavy atom. The van der Waals surface area contributed by atoms with Crippen LogP contribution >= 0.6 is 0 Å². The summed E-state index contributed by atoms with van der Waals surface area (Å²) in [6, 6.07) is 5.88. The van der Waals surface area contributed by atoms with Crippen LogP contribution in [0.1, 0.15) is 65.2 Å². The Balaban J connectivity index is 1.68. The molecule has 1 amide bonds. The van der Waals surface area contributed by atoms with E-state index in [0.29, 0.717) is 5.92 Å². The highest BCUT2D eigenvalue weighted by molar-refractivity contribution is 5.68. The van der Waals surface area contributed by atoms with E-state index in [1.54, 1.807) is 6.20 Å². The fourth-order valence-corrected chi connectivity index (χ4v) is 3.13. The number of aromatic nitrogens is 1. The van der Waals surface area contributed by atoms with Crippen molar-refractivity contribution < 1.29 is 14.3 Å². The van der Waals surface area contributed by atoms with Gasteiger partial charge in [0.25, 0.3) is 0 Å². The number of hydrogen-bond acceptors (Lipinski definition) is 4. The molecule has 2 atom stereocenters. The molecule has 0 aromatic carbocycles. The van der Waals surface area contributed by atoms with E-state index in [1.165, 1.54) is 6.42 Å². The highest BCUT2D eigenvalue weighted by Gasteiger charge is 2.27. The largest absolute Gasteiger partial charge is 0.444 e. The topological polar surface area (TPSA) is 51.7 Å². The van der Waals surface area contributed by atoms with E-state index in [9.17, 15) is 4.79 Å². The van der Waals surface area contributed by atoms with Crippen molar-refractivity contribution in [2.75, 3.05) is 19.7 Å². The smallest absolute Gasteiger partial charge is 0.410 e. The van der Waals surface area contributed by atoms with E-state index in [0.717, 1.165) is 44.7 Å². The second-order valence-electron chi connectivity index (χ2n) is 7.84. The summed E-state index contributed by atoms with van der Waals surface area (Å²) in [6.45, 7) is 10.1. The van der Waals surface area contributed by atoms with E-state index < -0.39 is 5.60 Å². The molecular formula is C20H32N2O3. The molecule has 0 radical (unpaired) electrons. The molecule has 5 heteroatoms. The van der Waals surface area contributed by atoms with E-state index in [2.05, 4.69) is 4.98 Å². The molecule has 1 aromatic rings. The first-order chi connectivity index (χ1) is 11.8. The predicted molar refractivity (Wildman–Crippen MR) is 98.4 cm³/mol. The Morgan fingerprint density at radius 3 is 2.88 bits per heavy atom. The summed E-state index contributed by atoms with van der Waals surface area (Å²) in [5.74, 6) is 0.537. The zero-order valence-corrected chi connectivity index (χ0v) is 16.0. The van der Waals surface area contributed by atoms with E-state index in [4.69, 9.17) is 9.47 Å². The van der Waals surface area contributed by atoms with Crippen molar-refractivity contribution in [3.8, 4) is 0 Å². The van der Waals surface area contributed by atoms with Crippen molar-refractivity contribution in [1.29, 1.82) is 0 Å². The number of carbonyl (C=O) groups is 1. The Morgan fingerprint density at radius 2 is 2.20 bits per heavy atom. The van der Waals surface area contributed by atoms with Gasteiger partial charge in [-0.05, 0) is 71.4 Å². The number of rotatable bonds is 6. The number of nitrogens with zero attached hydrogens (tertiary/aromatic N) is 2. The molecule has 5 nitrogen and oxygen atoms in total. The summed E-state index contributed by atoms with van der Waals surface area (Å²) < 4.78 is 11.4. The van der Waals surface area contributed by atoms with Crippen LogP contribution in [0.15, 0.2) is 24.4 Å². The molecule has 0 bridgehead atoms. The lowest BCUT2D eigenvalue weighted by molar-refractivity contribution is 0.0148. The monoisotopic (exact) mass is 348 g/mol.